The van der Waals surface area contributed by atoms with Crippen LogP contribution in [0.1, 0.15) is 12.8 Å². The van der Waals surface area contributed by atoms with Gasteiger partial charge in [0.15, 0.2) is 0 Å². The lowest BCUT2D eigenvalue weighted by atomic mass is 10.3. The summed E-state index contributed by atoms with van der Waals surface area (Å²) < 4.78 is 0. The Kier molecular flexibility index (Phi) is 9.29. The van der Waals surface area contributed by atoms with E-state index in [1.165, 1.54) is 0 Å². The van der Waals surface area contributed by atoms with E-state index in [2.05, 4.69) is 23.9 Å². The van der Waals surface area contributed by atoms with Gasteiger partial charge in [-0.3, -0.25) is 0 Å². The minimum atomic E-state index is 0.785. The van der Waals surface area contributed by atoms with Gasteiger partial charge in [0.05, 0.1) is 0 Å². The van der Waals surface area contributed by atoms with Gasteiger partial charge < -0.3 is 21.3 Å². The van der Waals surface area contributed by atoms with Gasteiger partial charge in [0.1, 0.15) is 0 Å². The minimum absolute atomic E-state index is 0.785. The Morgan fingerprint density at radius 1 is 0.714 bits per heavy atom. The van der Waals surface area contributed by atoms with E-state index in [0.29, 0.717) is 0 Å². The fourth-order valence-electron chi connectivity index (χ4n) is 1.29. The Bertz CT molecular complexity index is 105. The molecule has 0 aromatic carbocycles. The van der Waals surface area contributed by atoms with Gasteiger partial charge in [-0.15, -0.1) is 0 Å². The number of hydrogen-bond acceptors (Lipinski definition) is 4. The third kappa shape index (κ3) is 8.44. The molecule has 4 nitrogen and oxygen atoms in total. The van der Waals surface area contributed by atoms with Crippen LogP contribution in [0, 0.1) is 0 Å². The van der Waals surface area contributed by atoms with Crippen LogP contribution in [0.5, 0.6) is 0 Å². The van der Waals surface area contributed by atoms with Crippen LogP contribution in [-0.2, 0) is 0 Å². The van der Waals surface area contributed by atoms with E-state index in [1.54, 1.807) is 0 Å². The second-order valence-corrected chi connectivity index (χ2v) is 3.89. The summed E-state index contributed by atoms with van der Waals surface area (Å²) in [6.45, 7) is 5.99. The number of rotatable bonds is 9. The van der Waals surface area contributed by atoms with Gasteiger partial charge in [0, 0.05) is 13.1 Å². The Hall–Kier alpha value is -0.160. The summed E-state index contributed by atoms with van der Waals surface area (Å²) in [5, 5.41) is 0. The zero-order valence-corrected chi connectivity index (χ0v) is 9.71. The van der Waals surface area contributed by atoms with Crippen molar-refractivity contribution in [2.75, 3.05) is 53.4 Å². The van der Waals surface area contributed by atoms with Crippen molar-refractivity contribution in [3.05, 3.63) is 0 Å². The highest BCUT2D eigenvalue weighted by atomic mass is 15.2. The lowest BCUT2D eigenvalue weighted by molar-refractivity contribution is 0.254. The molecule has 0 aliphatic rings. The van der Waals surface area contributed by atoms with Crippen LogP contribution < -0.4 is 11.5 Å². The summed E-state index contributed by atoms with van der Waals surface area (Å²) in [6.07, 6.45) is 2.17. The number of likely N-dealkylation sites (N-methyl/N-ethyl adjacent to an activating group) is 2. The second-order valence-electron chi connectivity index (χ2n) is 3.89. The highest BCUT2D eigenvalue weighted by Gasteiger charge is 2.00. The van der Waals surface area contributed by atoms with E-state index in [9.17, 15) is 0 Å². The van der Waals surface area contributed by atoms with E-state index in [1.807, 2.05) is 0 Å². The van der Waals surface area contributed by atoms with E-state index in [-0.39, 0.29) is 0 Å². The monoisotopic (exact) mass is 202 g/mol. The molecule has 0 heterocycles. The van der Waals surface area contributed by atoms with Crippen LogP contribution in [0.2, 0.25) is 0 Å². The molecule has 0 rings (SSSR count). The SMILES string of the molecule is CN(CCCN)CCN(C)CCCN. The van der Waals surface area contributed by atoms with Crippen molar-refractivity contribution < 1.29 is 0 Å². The third-order valence-electron chi connectivity index (χ3n) is 2.35. The molecule has 86 valence electrons. The first kappa shape index (κ1) is 13.8. The topological polar surface area (TPSA) is 58.5 Å². The maximum atomic E-state index is 5.45. The van der Waals surface area contributed by atoms with E-state index >= 15 is 0 Å². The summed E-state index contributed by atoms with van der Waals surface area (Å²) in [6, 6.07) is 0. The van der Waals surface area contributed by atoms with Gasteiger partial charge in [-0.25, -0.2) is 0 Å². The van der Waals surface area contributed by atoms with Crippen molar-refractivity contribution >= 4 is 0 Å². The molecule has 0 spiro atoms. The molecule has 0 saturated carbocycles. The van der Waals surface area contributed by atoms with Crippen LogP contribution in [0.3, 0.4) is 0 Å². The zero-order valence-electron chi connectivity index (χ0n) is 9.71. The Labute approximate surface area is 88.2 Å². The fraction of sp³-hybridized carbons (Fsp3) is 1.00. The van der Waals surface area contributed by atoms with Gasteiger partial charge in [-0.1, -0.05) is 0 Å². The molecule has 0 amide bonds. The Morgan fingerprint density at radius 3 is 1.36 bits per heavy atom. The molecule has 0 saturated heterocycles. The number of nitrogens with two attached hydrogens (primary N) is 2. The molecule has 14 heavy (non-hydrogen) atoms. The fourth-order valence-corrected chi connectivity index (χ4v) is 1.29. The average molecular weight is 202 g/mol. The largest absolute Gasteiger partial charge is 0.330 e. The molecule has 0 aromatic heterocycles. The third-order valence-corrected chi connectivity index (χ3v) is 2.35. The number of nitrogens with zero attached hydrogens (tertiary/aromatic N) is 2. The molecule has 4 N–H and O–H groups in total. The molecule has 0 radical (unpaired) electrons. The van der Waals surface area contributed by atoms with Crippen molar-refractivity contribution in [2.45, 2.75) is 12.8 Å². The Morgan fingerprint density at radius 2 is 1.07 bits per heavy atom. The lowest BCUT2D eigenvalue weighted by Gasteiger charge is -2.21. The van der Waals surface area contributed by atoms with Crippen LogP contribution in [-0.4, -0.2) is 63.2 Å². The zero-order chi connectivity index (χ0) is 10.8. The maximum Gasteiger partial charge on any atom is 0.0106 e. The molecular weight excluding hydrogens is 176 g/mol. The van der Waals surface area contributed by atoms with E-state index < -0.39 is 0 Å². The van der Waals surface area contributed by atoms with Crippen LogP contribution in [0.15, 0.2) is 0 Å². The molecule has 0 bridgehead atoms. The predicted octanol–water partition coefficient (Wildman–Crippen LogP) is -0.452. The smallest absolute Gasteiger partial charge is 0.0106 e. The molecule has 0 aliphatic heterocycles. The molecule has 0 aliphatic carbocycles. The van der Waals surface area contributed by atoms with Crippen LogP contribution in [0.4, 0.5) is 0 Å². The van der Waals surface area contributed by atoms with Gasteiger partial charge in [0.25, 0.3) is 0 Å². The first-order valence-electron chi connectivity index (χ1n) is 5.48. The van der Waals surface area contributed by atoms with Crippen molar-refractivity contribution in [1.82, 2.24) is 9.80 Å². The molecule has 0 fully saturated rings. The standard InChI is InChI=1S/C10H26N4/c1-13(7-3-5-11)9-10-14(2)8-4-6-12/h3-12H2,1-2H3. The van der Waals surface area contributed by atoms with Gasteiger partial charge >= 0.3 is 0 Å². The first-order chi connectivity index (χ1) is 6.70. The van der Waals surface area contributed by atoms with Crippen molar-refractivity contribution in [2.24, 2.45) is 11.5 Å². The van der Waals surface area contributed by atoms with E-state index in [4.69, 9.17) is 11.5 Å². The summed E-state index contributed by atoms with van der Waals surface area (Å²) in [4.78, 5) is 4.65. The summed E-state index contributed by atoms with van der Waals surface area (Å²) in [5.74, 6) is 0. The van der Waals surface area contributed by atoms with Crippen LogP contribution in [0.25, 0.3) is 0 Å². The average Bonchev–Trinajstić information content (AvgIpc) is 2.20. The predicted molar refractivity (Wildman–Crippen MR) is 62.3 cm³/mol. The lowest BCUT2D eigenvalue weighted by Crippen LogP contribution is -2.33. The van der Waals surface area contributed by atoms with Crippen LogP contribution >= 0.6 is 0 Å². The first-order valence-corrected chi connectivity index (χ1v) is 5.48. The quantitative estimate of drug-likeness (QED) is 0.531. The molecule has 0 aromatic rings. The molecule has 0 unspecified atom stereocenters. The summed E-state index contributed by atoms with van der Waals surface area (Å²) in [7, 11) is 4.29. The van der Waals surface area contributed by atoms with Crippen molar-refractivity contribution in [1.29, 1.82) is 0 Å². The highest BCUT2D eigenvalue weighted by Crippen LogP contribution is 1.90. The van der Waals surface area contributed by atoms with E-state index in [0.717, 1.165) is 52.1 Å². The molecule has 4 heteroatoms. The normalized spacial score (nSPS) is 11.6. The molecular formula is C10H26N4. The summed E-state index contributed by atoms with van der Waals surface area (Å²) in [5.41, 5.74) is 10.9. The summed E-state index contributed by atoms with van der Waals surface area (Å²) >= 11 is 0. The highest BCUT2D eigenvalue weighted by molar-refractivity contribution is 4.57. The second kappa shape index (κ2) is 9.40. The maximum absolute atomic E-state index is 5.45. The number of hydrogen-bond donors (Lipinski definition) is 2. The Balaban J connectivity index is 3.31. The van der Waals surface area contributed by atoms with Crippen molar-refractivity contribution in [3.8, 4) is 0 Å². The van der Waals surface area contributed by atoms with Gasteiger partial charge in [-0.2, -0.15) is 0 Å². The van der Waals surface area contributed by atoms with Gasteiger partial charge in [0.2, 0.25) is 0 Å². The van der Waals surface area contributed by atoms with Crippen molar-refractivity contribution in [3.63, 3.8) is 0 Å². The van der Waals surface area contributed by atoms with Gasteiger partial charge in [-0.05, 0) is 53.1 Å². The molecule has 0 atom stereocenters. The minimum Gasteiger partial charge on any atom is -0.330 e.